The van der Waals surface area contributed by atoms with Crippen LogP contribution in [-0.2, 0) is 0 Å². The Kier molecular flexibility index (Phi) is 3.82. The van der Waals surface area contributed by atoms with Crippen LogP contribution in [0.15, 0.2) is 54.6 Å². The van der Waals surface area contributed by atoms with Gasteiger partial charge in [-0.05, 0) is 36.1 Å². The van der Waals surface area contributed by atoms with Crippen molar-refractivity contribution in [2.45, 2.75) is 31.7 Å². The standard InChI is InChI=1S/C18H19NO/c20-18(19-17-8-4-5-9-17)16-12-10-15(11-13-16)14-6-2-1-3-7-14/h1-3,6-7,10-13,17H,4-5,8-9H2,(H,19,20). The first-order valence-electron chi connectivity index (χ1n) is 7.29. The average molecular weight is 265 g/mol. The molecule has 0 aliphatic heterocycles. The van der Waals surface area contributed by atoms with Gasteiger partial charge in [0.25, 0.3) is 5.91 Å². The lowest BCUT2D eigenvalue weighted by Crippen LogP contribution is -2.32. The molecule has 2 nitrogen and oxygen atoms in total. The van der Waals surface area contributed by atoms with Crippen molar-refractivity contribution in [1.29, 1.82) is 0 Å². The predicted molar refractivity (Wildman–Crippen MR) is 81.6 cm³/mol. The van der Waals surface area contributed by atoms with Crippen LogP contribution in [0.25, 0.3) is 11.1 Å². The minimum absolute atomic E-state index is 0.0523. The van der Waals surface area contributed by atoms with Crippen LogP contribution in [0.4, 0.5) is 0 Å². The second kappa shape index (κ2) is 5.91. The highest BCUT2D eigenvalue weighted by atomic mass is 16.1. The van der Waals surface area contributed by atoms with Crippen molar-refractivity contribution in [2.75, 3.05) is 0 Å². The highest BCUT2D eigenvalue weighted by Gasteiger charge is 2.17. The zero-order valence-corrected chi connectivity index (χ0v) is 11.5. The van der Waals surface area contributed by atoms with Crippen molar-refractivity contribution in [3.8, 4) is 11.1 Å². The highest BCUT2D eigenvalue weighted by Crippen LogP contribution is 2.20. The number of hydrogen-bond donors (Lipinski definition) is 1. The van der Waals surface area contributed by atoms with E-state index in [1.54, 1.807) is 0 Å². The van der Waals surface area contributed by atoms with Crippen molar-refractivity contribution >= 4 is 5.91 Å². The van der Waals surface area contributed by atoms with Gasteiger partial charge in [0.05, 0.1) is 0 Å². The van der Waals surface area contributed by atoms with E-state index in [4.69, 9.17) is 0 Å². The molecule has 0 heterocycles. The van der Waals surface area contributed by atoms with Gasteiger partial charge in [-0.1, -0.05) is 55.3 Å². The zero-order valence-electron chi connectivity index (χ0n) is 11.5. The molecule has 102 valence electrons. The molecule has 1 saturated carbocycles. The van der Waals surface area contributed by atoms with Crippen LogP contribution in [0.3, 0.4) is 0 Å². The molecular formula is C18H19NO. The molecule has 2 aromatic rings. The van der Waals surface area contributed by atoms with Crippen LogP contribution in [-0.4, -0.2) is 11.9 Å². The first-order chi connectivity index (χ1) is 9.83. The molecule has 1 amide bonds. The van der Waals surface area contributed by atoms with Crippen molar-refractivity contribution in [3.63, 3.8) is 0 Å². The fourth-order valence-electron chi connectivity index (χ4n) is 2.78. The summed E-state index contributed by atoms with van der Waals surface area (Å²) < 4.78 is 0. The number of carbonyl (C=O) groups excluding carboxylic acids is 1. The molecule has 0 aromatic heterocycles. The number of nitrogens with one attached hydrogen (secondary N) is 1. The Morgan fingerprint density at radius 3 is 2.10 bits per heavy atom. The molecule has 1 aliphatic carbocycles. The third kappa shape index (κ3) is 2.90. The van der Waals surface area contributed by atoms with Gasteiger partial charge in [0, 0.05) is 11.6 Å². The summed E-state index contributed by atoms with van der Waals surface area (Å²) in [5.41, 5.74) is 3.06. The Balaban J connectivity index is 1.71. The van der Waals surface area contributed by atoms with Gasteiger partial charge in [-0.2, -0.15) is 0 Å². The number of hydrogen-bond acceptors (Lipinski definition) is 1. The van der Waals surface area contributed by atoms with Gasteiger partial charge in [-0.3, -0.25) is 4.79 Å². The lowest BCUT2D eigenvalue weighted by Gasteiger charge is -2.12. The van der Waals surface area contributed by atoms with E-state index in [0.29, 0.717) is 6.04 Å². The molecule has 20 heavy (non-hydrogen) atoms. The molecule has 0 atom stereocenters. The minimum atomic E-state index is 0.0523. The van der Waals surface area contributed by atoms with Crippen LogP contribution in [0, 0.1) is 0 Å². The minimum Gasteiger partial charge on any atom is -0.349 e. The molecule has 0 radical (unpaired) electrons. The van der Waals surface area contributed by atoms with Gasteiger partial charge in [-0.15, -0.1) is 0 Å². The van der Waals surface area contributed by atoms with Gasteiger partial charge in [0.2, 0.25) is 0 Å². The van der Waals surface area contributed by atoms with E-state index in [9.17, 15) is 4.79 Å². The molecule has 0 unspecified atom stereocenters. The molecule has 1 fully saturated rings. The second-order valence-electron chi connectivity index (χ2n) is 5.40. The number of rotatable bonds is 3. The summed E-state index contributed by atoms with van der Waals surface area (Å²) in [4.78, 5) is 12.1. The summed E-state index contributed by atoms with van der Waals surface area (Å²) in [7, 11) is 0. The average Bonchev–Trinajstić information content (AvgIpc) is 3.01. The van der Waals surface area contributed by atoms with Crippen molar-refractivity contribution < 1.29 is 4.79 Å². The molecule has 1 aliphatic rings. The van der Waals surface area contributed by atoms with Crippen molar-refractivity contribution in [3.05, 3.63) is 60.2 Å². The van der Waals surface area contributed by atoms with E-state index < -0.39 is 0 Å². The Hall–Kier alpha value is -2.09. The first-order valence-corrected chi connectivity index (χ1v) is 7.29. The molecule has 0 spiro atoms. The van der Waals surface area contributed by atoms with E-state index in [1.807, 2.05) is 42.5 Å². The van der Waals surface area contributed by atoms with Gasteiger partial charge in [-0.25, -0.2) is 0 Å². The van der Waals surface area contributed by atoms with Crippen LogP contribution in [0.2, 0.25) is 0 Å². The Morgan fingerprint density at radius 2 is 1.45 bits per heavy atom. The van der Waals surface area contributed by atoms with Crippen LogP contribution in [0.1, 0.15) is 36.0 Å². The number of carbonyl (C=O) groups is 1. The van der Waals surface area contributed by atoms with Gasteiger partial charge in [0.15, 0.2) is 0 Å². The Bertz CT molecular complexity index is 568. The summed E-state index contributed by atoms with van der Waals surface area (Å²) in [5, 5.41) is 3.12. The lowest BCUT2D eigenvalue weighted by molar-refractivity contribution is 0.0938. The van der Waals surface area contributed by atoms with Crippen molar-refractivity contribution in [2.24, 2.45) is 0 Å². The molecule has 2 aromatic carbocycles. The number of benzene rings is 2. The van der Waals surface area contributed by atoms with Gasteiger partial charge in [0.1, 0.15) is 0 Å². The van der Waals surface area contributed by atoms with Crippen LogP contribution in [0.5, 0.6) is 0 Å². The molecule has 0 bridgehead atoms. The second-order valence-corrected chi connectivity index (χ2v) is 5.40. The first kappa shape index (κ1) is 12.9. The zero-order chi connectivity index (χ0) is 13.8. The molecule has 1 N–H and O–H groups in total. The number of amides is 1. The molecule has 0 saturated heterocycles. The maximum Gasteiger partial charge on any atom is 0.251 e. The largest absolute Gasteiger partial charge is 0.349 e. The molecule has 2 heteroatoms. The maximum absolute atomic E-state index is 12.1. The predicted octanol–water partition coefficient (Wildman–Crippen LogP) is 4.03. The van der Waals surface area contributed by atoms with Crippen molar-refractivity contribution in [1.82, 2.24) is 5.32 Å². The SMILES string of the molecule is O=C(NC1CCCC1)c1ccc(-c2ccccc2)cc1. The summed E-state index contributed by atoms with van der Waals surface area (Å²) >= 11 is 0. The lowest BCUT2D eigenvalue weighted by atomic mass is 10.0. The summed E-state index contributed by atoms with van der Waals surface area (Å²) in [6, 6.07) is 18.4. The fraction of sp³-hybridized carbons (Fsp3) is 0.278. The monoisotopic (exact) mass is 265 g/mol. The smallest absolute Gasteiger partial charge is 0.251 e. The normalized spacial score (nSPS) is 15.2. The Labute approximate surface area is 119 Å². The van der Waals surface area contributed by atoms with E-state index in [-0.39, 0.29) is 5.91 Å². The third-order valence-electron chi connectivity index (χ3n) is 3.94. The molecule has 3 rings (SSSR count). The van der Waals surface area contributed by atoms with Gasteiger partial charge >= 0.3 is 0 Å². The quantitative estimate of drug-likeness (QED) is 0.892. The summed E-state index contributed by atoms with van der Waals surface area (Å²) in [6.45, 7) is 0. The van der Waals surface area contributed by atoms with E-state index in [1.165, 1.54) is 18.4 Å². The topological polar surface area (TPSA) is 29.1 Å². The highest BCUT2D eigenvalue weighted by molar-refractivity contribution is 5.94. The fourth-order valence-corrected chi connectivity index (χ4v) is 2.78. The summed E-state index contributed by atoms with van der Waals surface area (Å²) in [5.74, 6) is 0.0523. The van der Waals surface area contributed by atoms with E-state index >= 15 is 0 Å². The van der Waals surface area contributed by atoms with E-state index in [0.717, 1.165) is 24.0 Å². The maximum atomic E-state index is 12.1. The van der Waals surface area contributed by atoms with E-state index in [2.05, 4.69) is 17.4 Å². The molecular weight excluding hydrogens is 246 g/mol. The summed E-state index contributed by atoms with van der Waals surface area (Å²) in [6.07, 6.45) is 4.71. The third-order valence-corrected chi connectivity index (χ3v) is 3.94. The van der Waals surface area contributed by atoms with Crippen LogP contribution < -0.4 is 5.32 Å². The Morgan fingerprint density at radius 1 is 0.850 bits per heavy atom. The van der Waals surface area contributed by atoms with Gasteiger partial charge < -0.3 is 5.32 Å². The van der Waals surface area contributed by atoms with Crippen LogP contribution >= 0.6 is 0 Å².